The average molecular weight is 338 g/mol. The average Bonchev–Trinajstić information content (AvgIpc) is 2.53. The van der Waals surface area contributed by atoms with Gasteiger partial charge >= 0.3 is 23.9 Å². The molecule has 3 N–H and O–H groups in total. The van der Waals surface area contributed by atoms with Crippen LogP contribution in [0.3, 0.4) is 0 Å². The van der Waals surface area contributed by atoms with Crippen LogP contribution in [0.1, 0.15) is 68.1 Å². The Bertz CT molecular complexity index is 673. The Morgan fingerprint density at radius 3 is 1.75 bits per heavy atom. The van der Waals surface area contributed by atoms with Gasteiger partial charge in [-0.05, 0) is 18.1 Å². The van der Waals surface area contributed by atoms with Crippen molar-refractivity contribution in [2.24, 2.45) is 5.92 Å². The number of hydrogen-bond donors (Lipinski definition) is 3. The maximum Gasteiger partial charge on any atom is 0.339 e. The number of carboxylic acids is 3. The zero-order chi connectivity index (χ0) is 18.4. The van der Waals surface area contributed by atoms with Crippen LogP contribution in [0.15, 0.2) is 12.1 Å². The van der Waals surface area contributed by atoms with E-state index >= 15 is 0 Å². The molecule has 0 saturated heterocycles. The quantitative estimate of drug-likeness (QED) is 0.614. The number of carbonyl (C=O) groups excluding carboxylic acids is 1. The summed E-state index contributed by atoms with van der Waals surface area (Å²) in [5.74, 6) is -5.98. The van der Waals surface area contributed by atoms with Crippen LogP contribution >= 0.6 is 0 Å². The van der Waals surface area contributed by atoms with Crippen molar-refractivity contribution in [3.8, 4) is 0 Å². The number of carbonyl (C=O) groups is 4. The van der Waals surface area contributed by atoms with Crippen molar-refractivity contribution in [1.82, 2.24) is 0 Å². The van der Waals surface area contributed by atoms with Crippen molar-refractivity contribution in [1.29, 1.82) is 0 Å². The van der Waals surface area contributed by atoms with Gasteiger partial charge in [0.05, 0.1) is 28.9 Å². The van der Waals surface area contributed by atoms with Gasteiger partial charge in [-0.2, -0.15) is 0 Å². The minimum atomic E-state index is -1.75. The molecular formula is C16H18O8. The predicted octanol–water partition coefficient (Wildman–Crippen LogP) is 2.37. The maximum atomic E-state index is 12.1. The number of benzene rings is 1. The lowest BCUT2D eigenvalue weighted by molar-refractivity contribution is 0.0424. The molecule has 0 aromatic heterocycles. The van der Waals surface area contributed by atoms with Gasteiger partial charge in [0.2, 0.25) is 0 Å². The minimum Gasteiger partial charge on any atom is -0.478 e. The first-order chi connectivity index (χ1) is 11.2. The topological polar surface area (TPSA) is 138 Å². The Balaban J connectivity index is 3.36. The zero-order valence-electron chi connectivity index (χ0n) is 13.2. The Morgan fingerprint density at radius 2 is 1.33 bits per heavy atom. The second kappa shape index (κ2) is 8.09. The molecule has 8 nitrogen and oxygen atoms in total. The molecule has 1 rings (SSSR count). The van der Waals surface area contributed by atoms with Crippen molar-refractivity contribution in [3.63, 3.8) is 0 Å². The van der Waals surface area contributed by atoms with Gasteiger partial charge < -0.3 is 20.1 Å². The fourth-order valence-electron chi connectivity index (χ4n) is 2.19. The number of aromatic carboxylic acids is 3. The largest absolute Gasteiger partial charge is 0.478 e. The Morgan fingerprint density at radius 1 is 0.875 bits per heavy atom. The molecule has 130 valence electrons. The number of hydrogen-bond acceptors (Lipinski definition) is 5. The first-order valence-corrected chi connectivity index (χ1v) is 7.28. The van der Waals surface area contributed by atoms with Crippen molar-refractivity contribution < 1.29 is 39.2 Å². The van der Waals surface area contributed by atoms with E-state index in [1.807, 2.05) is 13.8 Å². The molecule has 0 unspecified atom stereocenters. The van der Waals surface area contributed by atoms with Gasteiger partial charge in [0, 0.05) is 0 Å². The van der Waals surface area contributed by atoms with E-state index in [1.165, 1.54) is 0 Å². The fraction of sp³-hybridized carbons (Fsp3) is 0.375. The number of ether oxygens (including phenoxy) is 1. The summed E-state index contributed by atoms with van der Waals surface area (Å²) in [5.41, 5.74) is -3.05. The lowest BCUT2D eigenvalue weighted by atomic mass is 9.95. The minimum absolute atomic E-state index is 0.0635. The molecule has 24 heavy (non-hydrogen) atoms. The van der Waals surface area contributed by atoms with Gasteiger partial charge in [-0.1, -0.05) is 26.7 Å². The number of rotatable bonds is 8. The third-order valence-electron chi connectivity index (χ3n) is 3.69. The van der Waals surface area contributed by atoms with E-state index in [-0.39, 0.29) is 12.5 Å². The van der Waals surface area contributed by atoms with E-state index in [0.717, 1.165) is 25.0 Å². The van der Waals surface area contributed by atoms with Crippen LogP contribution in [0, 0.1) is 5.92 Å². The second-order valence-electron chi connectivity index (χ2n) is 5.11. The Labute approximate surface area is 137 Å². The summed E-state index contributed by atoms with van der Waals surface area (Å²) in [5, 5.41) is 27.4. The molecule has 0 atom stereocenters. The Hall–Kier alpha value is -2.90. The van der Waals surface area contributed by atoms with Crippen LogP contribution < -0.4 is 0 Å². The maximum absolute atomic E-state index is 12.1. The van der Waals surface area contributed by atoms with Crippen LogP contribution in [0.5, 0.6) is 0 Å². The summed E-state index contributed by atoms with van der Waals surface area (Å²) in [6.45, 7) is 3.89. The molecule has 0 fully saturated rings. The Kier molecular flexibility index (Phi) is 6.46. The van der Waals surface area contributed by atoms with Gasteiger partial charge in [-0.3, -0.25) is 0 Å². The standard InChI is InChI=1S/C16H18O8/c1-3-8(4-2)7-24-16(23)10-6-5-9(13(17)18)11(14(19)20)12(10)15(21)22/h5-6,8H,3-4,7H2,1-2H3,(H,17,18)(H,19,20)(H,21,22). The van der Waals surface area contributed by atoms with Gasteiger partial charge in [0.25, 0.3) is 0 Å². The molecule has 0 heterocycles. The van der Waals surface area contributed by atoms with Crippen LogP contribution in [0.25, 0.3) is 0 Å². The summed E-state index contributed by atoms with van der Waals surface area (Å²) in [6.07, 6.45) is 1.52. The van der Waals surface area contributed by atoms with Crippen molar-refractivity contribution in [3.05, 3.63) is 34.4 Å². The molecule has 0 amide bonds. The predicted molar refractivity (Wildman–Crippen MR) is 81.7 cm³/mol. The molecule has 0 bridgehead atoms. The van der Waals surface area contributed by atoms with Crippen LogP contribution in [0.2, 0.25) is 0 Å². The smallest absolute Gasteiger partial charge is 0.339 e. The monoisotopic (exact) mass is 338 g/mol. The van der Waals surface area contributed by atoms with E-state index in [4.69, 9.17) is 14.9 Å². The van der Waals surface area contributed by atoms with Crippen molar-refractivity contribution in [2.75, 3.05) is 6.61 Å². The fourth-order valence-corrected chi connectivity index (χ4v) is 2.19. The summed E-state index contributed by atoms with van der Waals surface area (Å²) in [4.78, 5) is 46.0. The van der Waals surface area contributed by atoms with E-state index < -0.39 is 46.1 Å². The highest BCUT2D eigenvalue weighted by Gasteiger charge is 2.30. The lowest BCUT2D eigenvalue weighted by Crippen LogP contribution is -2.21. The molecule has 0 aliphatic heterocycles. The van der Waals surface area contributed by atoms with Gasteiger partial charge in [0.15, 0.2) is 0 Å². The van der Waals surface area contributed by atoms with Crippen molar-refractivity contribution >= 4 is 23.9 Å². The van der Waals surface area contributed by atoms with Gasteiger partial charge in [0.1, 0.15) is 0 Å². The molecule has 0 saturated carbocycles. The highest BCUT2D eigenvalue weighted by atomic mass is 16.5. The highest BCUT2D eigenvalue weighted by Crippen LogP contribution is 2.22. The summed E-state index contributed by atoms with van der Waals surface area (Å²) >= 11 is 0. The third kappa shape index (κ3) is 4.09. The van der Waals surface area contributed by atoms with Gasteiger partial charge in [-0.15, -0.1) is 0 Å². The second-order valence-corrected chi connectivity index (χ2v) is 5.11. The first kappa shape index (κ1) is 19.1. The number of esters is 1. The van der Waals surface area contributed by atoms with E-state index in [9.17, 15) is 24.3 Å². The van der Waals surface area contributed by atoms with Crippen LogP contribution in [-0.4, -0.2) is 45.8 Å². The molecule has 1 aromatic rings. The molecule has 0 spiro atoms. The SMILES string of the molecule is CCC(CC)COC(=O)c1ccc(C(=O)O)c(C(=O)O)c1C(=O)O. The zero-order valence-corrected chi connectivity index (χ0v) is 13.2. The summed E-state index contributed by atoms with van der Waals surface area (Å²) in [6, 6.07) is 1.83. The lowest BCUT2D eigenvalue weighted by Gasteiger charge is -2.14. The molecule has 0 radical (unpaired) electrons. The third-order valence-corrected chi connectivity index (χ3v) is 3.69. The number of carboxylic acid groups (broad SMARTS) is 3. The highest BCUT2D eigenvalue weighted by molar-refractivity contribution is 6.14. The first-order valence-electron chi connectivity index (χ1n) is 7.28. The molecular weight excluding hydrogens is 320 g/mol. The molecule has 1 aromatic carbocycles. The molecule has 8 heteroatoms. The molecule has 0 aliphatic rings. The normalized spacial score (nSPS) is 10.5. The summed E-state index contributed by atoms with van der Waals surface area (Å²) in [7, 11) is 0. The summed E-state index contributed by atoms with van der Waals surface area (Å²) < 4.78 is 5.06. The van der Waals surface area contributed by atoms with Crippen LogP contribution in [-0.2, 0) is 4.74 Å². The molecule has 0 aliphatic carbocycles. The van der Waals surface area contributed by atoms with Crippen molar-refractivity contribution in [2.45, 2.75) is 26.7 Å². The van der Waals surface area contributed by atoms with Crippen LogP contribution in [0.4, 0.5) is 0 Å². The van der Waals surface area contributed by atoms with Gasteiger partial charge in [-0.25, -0.2) is 19.2 Å². The van der Waals surface area contributed by atoms with E-state index in [2.05, 4.69) is 0 Å². The van der Waals surface area contributed by atoms with E-state index in [1.54, 1.807) is 0 Å². The van der Waals surface area contributed by atoms with E-state index in [0.29, 0.717) is 0 Å².